The molecule has 0 atom stereocenters. The van der Waals surface area contributed by atoms with E-state index in [2.05, 4.69) is 34.2 Å². The van der Waals surface area contributed by atoms with E-state index >= 15 is 0 Å². The molecule has 0 N–H and O–H groups in total. The smallest absolute Gasteiger partial charge is 0.269 e. The summed E-state index contributed by atoms with van der Waals surface area (Å²) in [5.41, 5.74) is 3.91. The van der Waals surface area contributed by atoms with Crippen molar-refractivity contribution in [3.63, 3.8) is 0 Å². The number of aryl methyl sites for hydroxylation is 1. The number of non-ortho nitro benzene ring substituents is 1. The van der Waals surface area contributed by atoms with Crippen molar-refractivity contribution < 1.29 is 4.92 Å². The lowest BCUT2D eigenvalue weighted by atomic mass is 10.1. The van der Waals surface area contributed by atoms with E-state index in [1.807, 2.05) is 6.92 Å². The number of nitro benzene ring substituents is 1. The monoisotopic (exact) mass is 309 g/mol. The van der Waals surface area contributed by atoms with E-state index in [1.165, 1.54) is 24.6 Å². The van der Waals surface area contributed by atoms with Crippen molar-refractivity contribution in [1.82, 2.24) is 0 Å². The summed E-state index contributed by atoms with van der Waals surface area (Å²) >= 11 is 0. The molecule has 2 aromatic rings. The number of anilines is 1. The van der Waals surface area contributed by atoms with E-state index < -0.39 is 4.92 Å². The van der Waals surface area contributed by atoms with Crippen LogP contribution in [0.2, 0.25) is 0 Å². The molecule has 0 radical (unpaired) electrons. The first-order valence-corrected chi connectivity index (χ1v) is 7.77. The first kappa shape index (κ1) is 15.2. The van der Waals surface area contributed by atoms with Gasteiger partial charge in [-0.05, 0) is 49.1 Å². The predicted octanol–water partition coefficient (Wildman–Crippen LogP) is 4.25. The Bertz CT molecular complexity index is 732. The molecule has 118 valence electrons. The Balaban J connectivity index is 1.73. The number of aliphatic imine (C=N–C) groups is 1. The minimum atomic E-state index is -0.391. The van der Waals surface area contributed by atoms with E-state index in [-0.39, 0.29) is 5.69 Å². The summed E-state index contributed by atoms with van der Waals surface area (Å²) in [5.74, 6) is 0. The molecule has 1 heterocycles. The lowest BCUT2D eigenvalue weighted by Crippen LogP contribution is -2.17. The van der Waals surface area contributed by atoms with Crippen LogP contribution in [0, 0.1) is 17.0 Å². The molecule has 23 heavy (non-hydrogen) atoms. The summed E-state index contributed by atoms with van der Waals surface area (Å²) in [7, 11) is 0. The van der Waals surface area contributed by atoms with Gasteiger partial charge in [-0.25, -0.2) is 0 Å². The van der Waals surface area contributed by atoms with E-state index in [9.17, 15) is 10.1 Å². The van der Waals surface area contributed by atoms with Gasteiger partial charge in [-0.1, -0.05) is 12.1 Å². The van der Waals surface area contributed by atoms with Gasteiger partial charge in [-0.2, -0.15) is 0 Å². The van der Waals surface area contributed by atoms with Crippen molar-refractivity contribution in [3.8, 4) is 0 Å². The molecule has 5 heteroatoms. The molecule has 3 rings (SSSR count). The molecule has 1 aliphatic heterocycles. The Morgan fingerprint density at radius 2 is 1.83 bits per heavy atom. The van der Waals surface area contributed by atoms with Crippen LogP contribution in [0.5, 0.6) is 0 Å². The van der Waals surface area contributed by atoms with Crippen molar-refractivity contribution in [2.24, 2.45) is 4.99 Å². The Hall–Kier alpha value is -2.69. The minimum Gasteiger partial charge on any atom is -0.372 e. The van der Waals surface area contributed by atoms with Crippen LogP contribution in [0.4, 0.5) is 17.1 Å². The molecule has 2 aromatic carbocycles. The van der Waals surface area contributed by atoms with Gasteiger partial charge >= 0.3 is 0 Å². The van der Waals surface area contributed by atoms with Gasteiger partial charge in [0.05, 0.1) is 10.6 Å². The summed E-state index contributed by atoms with van der Waals surface area (Å²) in [6.07, 6.45) is 4.33. The average molecular weight is 309 g/mol. The maximum Gasteiger partial charge on any atom is 0.269 e. The largest absolute Gasteiger partial charge is 0.372 e. The van der Waals surface area contributed by atoms with Crippen LogP contribution in [0.25, 0.3) is 0 Å². The molecule has 0 unspecified atom stereocenters. The fraction of sp³-hybridized carbons (Fsp3) is 0.278. The third-order valence-electron chi connectivity index (χ3n) is 4.11. The van der Waals surface area contributed by atoms with Crippen molar-refractivity contribution in [2.45, 2.75) is 19.8 Å². The van der Waals surface area contributed by atoms with E-state index in [1.54, 1.807) is 18.3 Å². The van der Waals surface area contributed by atoms with E-state index in [4.69, 9.17) is 0 Å². The highest BCUT2D eigenvalue weighted by molar-refractivity contribution is 5.83. The average Bonchev–Trinajstić information content (AvgIpc) is 3.08. The van der Waals surface area contributed by atoms with Crippen molar-refractivity contribution >= 4 is 23.3 Å². The number of rotatable bonds is 4. The molecular formula is C18H19N3O2. The molecule has 0 spiro atoms. The molecule has 1 saturated heterocycles. The van der Waals surface area contributed by atoms with Crippen molar-refractivity contribution in [1.29, 1.82) is 0 Å². The zero-order valence-electron chi connectivity index (χ0n) is 13.1. The summed E-state index contributed by atoms with van der Waals surface area (Å²) < 4.78 is 0. The van der Waals surface area contributed by atoms with Gasteiger partial charge in [0.15, 0.2) is 0 Å². The minimum absolute atomic E-state index is 0.0939. The second-order valence-electron chi connectivity index (χ2n) is 5.77. The van der Waals surface area contributed by atoms with Crippen LogP contribution >= 0.6 is 0 Å². The zero-order valence-corrected chi connectivity index (χ0v) is 13.1. The zero-order chi connectivity index (χ0) is 16.2. The van der Waals surface area contributed by atoms with Crippen LogP contribution in [-0.4, -0.2) is 24.2 Å². The van der Waals surface area contributed by atoms with Gasteiger partial charge < -0.3 is 4.90 Å². The molecule has 0 saturated carbocycles. The predicted molar refractivity (Wildman–Crippen MR) is 93.0 cm³/mol. The normalized spacial score (nSPS) is 14.6. The lowest BCUT2D eigenvalue weighted by molar-refractivity contribution is -0.384. The van der Waals surface area contributed by atoms with Crippen molar-refractivity contribution in [3.05, 3.63) is 63.7 Å². The quantitative estimate of drug-likeness (QED) is 0.482. The summed E-state index contributed by atoms with van der Waals surface area (Å²) in [5, 5.41) is 10.7. The molecule has 0 bridgehead atoms. The maximum atomic E-state index is 10.7. The first-order chi connectivity index (χ1) is 11.1. The molecular weight excluding hydrogens is 290 g/mol. The third kappa shape index (κ3) is 3.56. The van der Waals surface area contributed by atoms with Gasteiger partial charge in [-0.15, -0.1) is 0 Å². The van der Waals surface area contributed by atoms with Crippen LogP contribution in [0.1, 0.15) is 24.0 Å². The second kappa shape index (κ2) is 6.60. The number of benzene rings is 2. The summed E-state index contributed by atoms with van der Waals surface area (Å²) in [4.78, 5) is 17.2. The van der Waals surface area contributed by atoms with Gasteiger partial charge in [-0.3, -0.25) is 15.1 Å². The molecule has 1 aliphatic rings. The molecule has 1 fully saturated rings. The Kier molecular flexibility index (Phi) is 4.37. The van der Waals surface area contributed by atoms with Gasteiger partial charge in [0.2, 0.25) is 0 Å². The highest BCUT2D eigenvalue weighted by Gasteiger charge is 2.11. The molecule has 5 nitrogen and oxygen atoms in total. The van der Waals surface area contributed by atoms with Gasteiger partial charge in [0.1, 0.15) is 0 Å². The van der Waals surface area contributed by atoms with Crippen LogP contribution in [0.15, 0.2) is 47.5 Å². The highest BCUT2D eigenvalue weighted by Crippen LogP contribution is 2.24. The fourth-order valence-corrected chi connectivity index (χ4v) is 2.79. The second-order valence-corrected chi connectivity index (χ2v) is 5.77. The number of hydrogen-bond acceptors (Lipinski definition) is 4. The SMILES string of the molecule is Cc1cc([N+](=O)[O-])ccc1N=Cc1ccc(N2CCCC2)cc1. The Labute approximate surface area is 135 Å². The van der Waals surface area contributed by atoms with Gasteiger partial charge in [0.25, 0.3) is 5.69 Å². The maximum absolute atomic E-state index is 10.7. The first-order valence-electron chi connectivity index (χ1n) is 7.77. The molecule has 0 aromatic heterocycles. The van der Waals surface area contributed by atoms with Crippen LogP contribution in [0.3, 0.4) is 0 Å². The summed E-state index contributed by atoms with van der Waals surface area (Å²) in [6, 6.07) is 13.1. The van der Waals surface area contributed by atoms with Crippen LogP contribution in [-0.2, 0) is 0 Å². The topological polar surface area (TPSA) is 58.7 Å². The Morgan fingerprint density at radius 3 is 2.43 bits per heavy atom. The van der Waals surface area contributed by atoms with Crippen LogP contribution < -0.4 is 4.90 Å². The standard InChI is InChI=1S/C18H19N3O2/c1-14-12-17(21(22)23)8-9-18(14)19-13-15-4-6-16(7-5-15)20-10-2-3-11-20/h4-9,12-13H,2-3,10-11H2,1H3. The Morgan fingerprint density at radius 1 is 1.13 bits per heavy atom. The van der Waals surface area contributed by atoms with Crippen molar-refractivity contribution in [2.75, 3.05) is 18.0 Å². The lowest BCUT2D eigenvalue weighted by Gasteiger charge is -2.17. The fourth-order valence-electron chi connectivity index (χ4n) is 2.79. The number of nitro groups is 1. The third-order valence-corrected chi connectivity index (χ3v) is 4.11. The highest BCUT2D eigenvalue weighted by atomic mass is 16.6. The summed E-state index contributed by atoms with van der Waals surface area (Å²) in [6.45, 7) is 4.10. The number of hydrogen-bond donors (Lipinski definition) is 0. The van der Waals surface area contributed by atoms with E-state index in [0.717, 1.165) is 29.9 Å². The molecule has 0 aliphatic carbocycles. The molecule has 0 amide bonds. The van der Waals surface area contributed by atoms with E-state index in [0.29, 0.717) is 0 Å². The van der Waals surface area contributed by atoms with Gasteiger partial charge in [0, 0.05) is 37.1 Å². The number of nitrogens with zero attached hydrogens (tertiary/aromatic N) is 3.